The first-order valence-corrected chi connectivity index (χ1v) is 15.8. The van der Waals surface area contributed by atoms with E-state index in [0.717, 1.165) is 0 Å². The van der Waals surface area contributed by atoms with Gasteiger partial charge in [-0.1, -0.05) is 29.3 Å². The van der Waals surface area contributed by atoms with Crippen molar-refractivity contribution >= 4 is 54.8 Å². The summed E-state index contributed by atoms with van der Waals surface area (Å²) in [5.41, 5.74) is 0.772. The molecule has 4 rings (SSSR count). The molecule has 2 fully saturated rings. The van der Waals surface area contributed by atoms with Gasteiger partial charge >= 0.3 is 0 Å². The molecule has 0 atom stereocenters. The summed E-state index contributed by atoms with van der Waals surface area (Å²) >= 11 is 12.0. The molecule has 1 amide bonds. The molecule has 2 aromatic rings. The Bertz CT molecular complexity index is 1390. The molecule has 208 valence electrons. The fraction of sp³-hybridized carbons (Fsp3) is 0.458. The van der Waals surface area contributed by atoms with E-state index in [1.54, 1.807) is 18.2 Å². The minimum absolute atomic E-state index is 0.0403. The van der Waals surface area contributed by atoms with E-state index in [9.17, 15) is 21.6 Å². The molecular formula is C24H29Cl2N3O7S2. The highest BCUT2D eigenvalue weighted by molar-refractivity contribution is 7.89. The molecule has 0 unspecified atom stereocenters. The lowest BCUT2D eigenvalue weighted by molar-refractivity contribution is -0.120. The molecule has 0 radical (unpaired) electrons. The average Bonchev–Trinajstić information content (AvgIpc) is 2.91. The van der Waals surface area contributed by atoms with Gasteiger partial charge in [0.15, 0.2) is 0 Å². The van der Waals surface area contributed by atoms with Crippen molar-refractivity contribution in [2.75, 3.05) is 51.8 Å². The van der Waals surface area contributed by atoms with Crippen LogP contribution in [0.25, 0.3) is 0 Å². The number of sulfonamides is 2. The average molecular weight is 607 g/mol. The number of nitrogens with zero attached hydrogens (tertiary/aromatic N) is 2. The van der Waals surface area contributed by atoms with Crippen LogP contribution < -0.4 is 10.1 Å². The van der Waals surface area contributed by atoms with E-state index in [0.29, 0.717) is 42.3 Å². The van der Waals surface area contributed by atoms with Crippen molar-refractivity contribution in [2.45, 2.75) is 23.5 Å². The number of nitrogens with one attached hydrogen (secondary N) is 1. The first kappa shape index (κ1) is 29.1. The van der Waals surface area contributed by atoms with Gasteiger partial charge in [0.1, 0.15) is 10.6 Å². The van der Waals surface area contributed by atoms with Crippen LogP contribution in [0.1, 0.15) is 18.4 Å². The predicted molar refractivity (Wildman–Crippen MR) is 145 cm³/mol. The highest BCUT2D eigenvalue weighted by atomic mass is 35.5. The maximum atomic E-state index is 13.2. The van der Waals surface area contributed by atoms with Crippen molar-refractivity contribution in [1.82, 2.24) is 8.61 Å². The van der Waals surface area contributed by atoms with E-state index in [4.69, 9.17) is 32.7 Å². The lowest BCUT2D eigenvalue weighted by Crippen LogP contribution is -2.42. The van der Waals surface area contributed by atoms with Crippen LogP contribution in [0.5, 0.6) is 5.75 Å². The zero-order chi connectivity index (χ0) is 27.5. The van der Waals surface area contributed by atoms with Gasteiger partial charge in [0, 0.05) is 47.8 Å². The number of hydrogen-bond acceptors (Lipinski definition) is 7. The van der Waals surface area contributed by atoms with Crippen molar-refractivity contribution in [1.29, 1.82) is 0 Å². The summed E-state index contributed by atoms with van der Waals surface area (Å²) in [7, 11) is -6.11. The largest absolute Gasteiger partial charge is 0.495 e. The first-order chi connectivity index (χ1) is 18.0. The van der Waals surface area contributed by atoms with Crippen LogP contribution >= 0.6 is 23.2 Å². The van der Waals surface area contributed by atoms with E-state index in [1.165, 1.54) is 33.9 Å². The Morgan fingerprint density at radius 1 is 1.00 bits per heavy atom. The summed E-state index contributed by atoms with van der Waals surface area (Å²) in [6.07, 6.45) is 0.656. The molecule has 0 saturated carbocycles. The number of carbonyl (C=O) groups excluding carboxylic acids is 1. The molecule has 0 aliphatic carbocycles. The molecule has 2 heterocycles. The number of ether oxygens (including phenoxy) is 2. The van der Waals surface area contributed by atoms with Crippen molar-refractivity contribution in [3.63, 3.8) is 0 Å². The maximum Gasteiger partial charge on any atom is 0.246 e. The van der Waals surface area contributed by atoms with E-state index in [-0.39, 0.29) is 53.5 Å². The van der Waals surface area contributed by atoms with Gasteiger partial charge < -0.3 is 14.8 Å². The molecule has 2 saturated heterocycles. The van der Waals surface area contributed by atoms with Gasteiger partial charge in [0.05, 0.1) is 26.1 Å². The van der Waals surface area contributed by atoms with Gasteiger partial charge in [-0.05, 0) is 48.7 Å². The number of rotatable bonds is 8. The fourth-order valence-electron chi connectivity index (χ4n) is 4.45. The van der Waals surface area contributed by atoms with Crippen LogP contribution in [-0.2, 0) is 35.3 Å². The Kier molecular flexibility index (Phi) is 9.23. The summed E-state index contributed by atoms with van der Waals surface area (Å²) in [4.78, 5) is 13.0. The Labute approximate surface area is 232 Å². The smallest absolute Gasteiger partial charge is 0.246 e. The molecule has 2 aliphatic heterocycles. The molecule has 1 N–H and O–H groups in total. The van der Waals surface area contributed by atoms with Crippen LogP contribution in [-0.4, -0.2) is 77.9 Å². The summed E-state index contributed by atoms with van der Waals surface area (Å²) in [5, 5.41) is 3.49. The van der Waals surface area contributed by atoms with Gasteiger partial charge in [-0.3, -0.25) is 4.79 Å². The molecule has 0 bridgehead atoms. The van der Waals surface area contributed by atoms with Crippen molar-refractivity contribution in [2.24, 2.45) is 5.92 Å². The zero-order valence-corrected chi connectivity index (χ0v) is 23.9. The number of morpholine rings is 1. The molecular weight excluding hydrogens is 577 g/mol. The Morgan fingerprint density at radius 3 is 2.32 bits per heavy atom. The van der Waals surface area contributed by atoms with Gasteiger partial charge in [-0.25, -0.2) is 21.1 Å². The van der Waals surface area contributed by atoms with Crippen LogP contribution in [0.2, 0.25) is 10.0 Å². The number of halogens is 2. The van der Waals surface area contributed by atoms with Gasteiger partial charge in [-0.15, -0.1) is 0 Å². The molecule has 10 nitrogen and oxygen atoms in total. The topological polar surface area (TPSA) is 122 Å². The summed E-state index contributed by atoms with van der Waals surface area (Å²) < 4.78 is 65.5. The van der Waals surface area contributed by atoms with Crippen molar-refractivity contribution in [3.05, 3.63) is 52.0 Å². The standard InChI is InChI=1S/C24H29Cl2N3O7S2/c1-35-22-5-4-20(15-23(22)38(33,34)29-10-12-36-13-11-29)27-24(30)17-6-8-28(9-7-17)37(31,32)16-18-2-3-19(25)14-21(18)26/h2-5,14-15,17H,6-13,16H2,1H3,(H,27,30). The van der Waals surface area contributed by atoms with E-state index in [2.05, 4.69) is 5.32 Å². The quantitative estimate of drug-likeness (QED) is 0.490. The molecule has 14 heteroatoms. The maximum absolute atomic E-state index is 13.2. The lowest BCUT2D eigenvalue weighted by Gasteiger charge is -2.30. The Morgan fingerprint density at radius 2 is 1.68 bits per heavy atom. The molecule has 38 heavy (non-hydrogen) atoms. The molecule has 0 spiro atoms. The number of amides is 1. The van der Waals surface area contributed by atoms with Crippen LogP contribution in [0.15, 0.2) is 41.3 Å². The number of anilines is 1. The highest BCUT2D eigenvalue weighted by Crippen LogP contribution is 2.31. The summed E-state index contributed by atoms with van der Waals surface area (Å²) in [6.45, 7) is 1.44. The third-order valence-electron chi connectivity index (χ3n) is 6.59. The summed E-state index contributed by atoms with van der Waals surface area (Å²) in [6, 6.07) is 9.14. The molecule has 0 aromatic heterocycles. The second kappa shape index (κ2) is 12.1. The van der Waals surface area contributed by atoms with Crippen molar-refractivity contribution in [3.8, 4) is 5.75 Å². The normalized spacial score (nSPS) is 18.3. The van der Waals surface area contributed by atoms with Gasteiger partial charge in [0.25, 0.3) is 0 Å². The van der Waals surface area contributed by atoms with E-state index in [1.807, 2.05) is 0 Å². The Hall–Kier alpha value is -1.93. The third kappa shape index (κ3) is 6.61. The SMILES string of the molecule is COc1ccc(NC(=O)C2CCN(S(=O)(=O)Cc3ccc(Cl)cc3Cl)CC2)cc1S(=O)(=O)N1CCOCC1. The molecule has 2 aromatic carbocycles. The molecule has 2 aliphatic rings. The number of piperidine rings is 1. The van der Waals surface area contributed by atoms with E-state index < -0.39 is 26.0 Å². The predicted octanol–water partition coefficient (Wildman–Crippen LogP) is 3.20. The first-order valence-electron chi connectivity index (χ1n) is 12.0. The minimum Gasteiger partial charge on any atom is -0.495 e. The number of benzene rings is 2. The van der Waals surface area contributed by atoms with Crippen LogP contribution in [0.3, 0.4) is 0 Å². The third-order valence-corrected chi connectivity index (χ3v) is 10.9. The number of methoxy groups -OCH3 is 1. The number of hydrogen-bond donors (Lipinski definition) is 1. The summed E-state index contributed by atoms with van der Waals surface area (Å²) in [5.74, 6) is -0.815. The van der Waals surface area contributed by atoms with Crippen LogP contribution in [0.4, 0.5) is 5.69 Å². The van der Waals surface area contributed by atoms with E-state index >= 15 is 0 Å². The second-order valence-corrected chi connectivity index (χ2v) is 13.8. The fourth-order valence-corrected chi connectivity index (χ4v) is 8.19. The number of carbonyl (C=O) groups is 1. The zero-order valence-electron chi connectivity index (χ0n) is 20.7. The van der Waals surface area contributed by atoms with Gasteiger partial charge in [-0.2, -0.15) is 4.31 Å². The van der Waals surface area contributed by atoms with Gasteiger partial charge in [0.2, 0.25) is 26.0 Å². The Balaban J connectivity index is 1.40. The van der Waals surface area contributed by atoms with Crippen LogP contribution in [0, 0.1) is 5.92 Å². The highest BCUT2D eigenvalue weighted by Gasteiger charge is 2.33. The minimum atomic E-state index is -3.86. The lowest BCUT2D eigenvalue weighted by atomic mass is 9.97. The van der Waals surface area contributed by atoms with Crippen molar-refractivity contribution < 1.29 is 31.1 Å². The monoisotopic (exact) mass is 605 g/mol. The second-order valence-electron chi connectivity index (χ2n) is 9.04.